The summed E-state index contributed by atoms with van der Waals surface area (Å²) >= 11 is 0. The van der Waals surface area contributed by atoms with Gasteiger partial charge in [-0.25, -0.2) is 0 Å². The van der Waals surface area contributed by atoms with Crippen molar-refractivity contribution in [2.75, 3.05) is 39.8 Å². The SMILES string of the molecule is CC(C)NC(CN1CCCN(C)CC1)(C(=O)O)C1CC1. The Hall–Kier alpha value is -0.650. The van der Waals surface area contributed by atoms with Gasteiger partial charge in [-0.15, -0.1) is 0 Å². The lowest BCUT2D eigenvalue weighted by atomic mass is 9.91. The highest BCUT2D eigenvalue weighted by molar-refractivity contribution is 5.80. The van der Waals surface area contributed by atoms with Gasteiger partial charge in [0.15, 0.2) is 0 Å². The summed E-state index contributed by atoms with van der Waals surface area (Å²) in [6.45, 7) is 8.83. The van der Waals surface area contributed by atoms with Gasteiger partial charge in [0.1, 0.15) is 5.54 Å². The summed E-state index contributed by atoms with van der Waals surface area (Å²) in [6.07, 6.45) is 3.21. The Morgan fingerprint density at radius 2 is 2.00 bits per heavy atom. The highest BCUT2D eigenvalue weighted by Gasteiger charge is 2.52. The zero-order valence-corrected chi connectivity index (χ0v) is 13.1. The van der Waals surface area contributed by atoms with Crippen LogP contribution >= 0.6 is 0 Å². The minimum absolute atomic E-state index is 0.196. The third kappa shape index (κ3) is 3.71. The molecule has 0 radical (unpaired) electrons. The molecule has 5 heteroatoms. The Morgan fingerprint density at radius 3 is 2.55 bits per heavy atom. The van der Waals surface area contributed by atoms with E-state index in [0.29, 0.717) is 12.5 Å². The molecule has 1 saturated carbocycles. The van der Waals surface area contributed by atoms with E-state index in [1.807, 2.05) is 13.8 Å². The summed E-state index contributed by atoms with van der Waals surface area (Å²) in [4.78, 5) is 16.6. The molecular formula is C15H29N3O2. The molecule has 0 aromatic carbocycles. The molecule has 0 bridgehead atoms. The van der Waals surface area contributed by atoms with Gasteiger partial charge in [0, 0.05) is 25.7 Å². The first-order chi connectivity index (χ1) is 9.44. The van der Waals surface area contributed by atoms with Crippen molar-refractivity contribution < 1.29 is 9.90 Å². The zero-order valence-electron chi connectivity index (χ0n) is 13.1. The van der Waals surface area contributed by atoms with Crippen molar-refractivity contribution in [3.8, 4) is 0 Å². The maximum atomic E-state index is 12.0. The number of carboxylic acid groups (broad SMARTS) is 1. The van der Waals surface area contributed by atoms with Crippen LogP contribution in [0.3, 0.4) is 0 Å². The van der Waals surface area contributed by atoms with Crippen LogP contribution in [0.25, 0.3) is 0 Å². The highest BCUT2D eigenvalue weighted by Crippen LogP contribution is 2.41. The van der Waals surface area contributed by atoms with E-state index in [4.69, 9.17) is 0 Å². The minimum atomic E-state index is -0.753. The topological polar surface area (TPSA) is 55.8 Å². The maximum Gasteiger partial charge on any atom is 0.325 e. The molecule has 5 nitrogen and oxygen atoms in total. The van der Waals surface area contributed by atoms with Crippen molar-refractivity contribution in [1.82, 2.24) is 15.1 Å². The van der Waals surface area contributed by atoms with E-state index in [9.17, 15) is 9.90 Å². The van der Waals surface area contributed by atoms with Crippen molar-refractivity contribution in [1.29, 1.82) is 0 Å². The summed E-state index contributed by atoms with van der Waals surface area (Å²) in [5, 5.41) is 13.2. The summed E-state index contributed by atoms with van der Waals surface area (Å²) in [5.74, 6) is -0.380. The second-order valence-electron chi connectivity index (χ2n) is 6.78. The van der Waals surface area contributed by atoms with Gasteiger partial charge in [0.05, 0.1) is 0 Å². The van der Waals surface area contributed by atoms with Crippen LogP contribution in [0.15, 0.2) is 0 Å². The fourth-order valence-corrected chi connectivity index (χ4v) is 3.30. The third-order valence-electron chi connectivity index (χ3n) is 4.49. The number of nitrogens with one attached hydrogen (secondary N) is 1. The first kappa shape index (κ1) is 15.7. The molecule has 1 aliphatic heterocycles. The molecule has 2 aliphatic rings. The second-order valence-corrected chi connectivity index (χ2v) is 6.78. The van der Waals surface area contributed by atoms with Crippen molar-refractivity contribution in [2.45, 2.75) is 44.7 Å². The van der Waals surface area contributed by atoms with Crippen LogP contribution in [0.5, 0.6) is 0 Å². The Bertz CT molecular complexity index is 344. The van der Waals surface area contributed by atoms with Gasteiger partial charge in [-0.1, -0.05) is 0 Å². The van der Waals surface area contributed by atoms with Gasteiger partial charge < -0.3 is 10.0 Å². The molecule has 0 aromatic heterocycles. The summed E-state index contributed by atoms with van der Waals surface area (Å²) in [5.41, 5.74) is -0.753. The van der Waals surface area contributed by atoms with Crippen LogP contribution in [0.2, 0.25) is 0 Å². The van der Waals surface area contributed by atoms with Gasteiger partial charge in [-0.2, -0.15) is 0 Å². The Morgan fingerprint density at radius 1 is 1.30 bits per heavy atom. The molecule has 20 heavy (non-hydrogen) atoms. The average Bonchev–Trinajstić information content (AvgIpc) is 3.16. The lowest BCUT2D eigenvalue weighted by Crippen LogP contribution is -2.62. The van der Waals surface area contributed by atoms with Gasteiger partial charge in [0.25, 0.3) is 0 Å². The van der Waals surface area contributed by atoms with Gasteiger partial charge in [-0.3, -0.25) is 15.0 Å². The quantitative estimate of drug-likeness (QED) is 0.757. The van der Waals surface area contributed by atoms with Crippen molar-refractivity contribution in [2.24, 2.45) is 5.92 Å². The number of nitrogens with zero attached hydrogens (tertiary/aromatic N) is 2. The maximum absolute atomic E-state index is 12.0. The fourth-order valence-electron chi connectivity index (χ4n) is 3.30. The van der Waals surface area contributed by atoms with E-state index in [1.54, 1.807) is 0 Å². The molecule has 1 atom stereocenters. The van der Waals surface area contributed by atoms with Crippen molar-refractivity contribution >= 4 is 5.97 Å². The van der Waals surface area contributed by atoms with E-state index >= 15 is 0 Å². The molecule has 2 fully saturated rings. The molecule has 2 N–H and O–H groups in total. The minimum Gasteiger partial charge on any atom is -0.480 e. The first-order valence-corrected chi connectivity index (χ1v) is 7.86. The van der Waals surface area contributed by atoms with Gasteiger partial charge in [-0.05, 0) is 59.2 Å². The number of rotatable bonds is 6. The van der Waals surface area contributed by atoms with Crippen LogP contribution in [0, 0.1) is 5.92 Å². The van der Waals surface area contributed by atoms with Crippen LogP contribution in [0.4, 0.5) is 0 Å². The molecule has 116 valence electrons. The van der Waals surface area contributed by atoms with Gasteiger partial charge >= 0.3 is 5.97 Å². The Labute approximate surface area is 122 Å². The molecule has 1 heterocycles. The lowest BCUT2D eigenvalue weighted by molar-refractivity contribution is -0.147. The van der Waals surface area contributed by atoms with E-state index in [1.165, 1.54) is 0 Å². The number of carbonyl (C=O) groups is 1. The van der Waals surface area contributed by atoms with Crippen molar-refractivity contribution in [3.05, 3.63) is 0 Å². The molecule has 1 aliphatic carbocycles. The average molecular weight is 283 g/mol. The fraction of sp³-hybridized carbons (Fsp3) is 0.933. The molecular weight excluding hydrogens is 254 g/mol. The molecule has 0 spiro atoms. The van der Waals surface area contributed by atoms with Crippen LogP contribution < -0.4 is 5.32 Å². The molecule has 0 aromatic rings. The van der Waals surface area contributed by atoms with E-state index in [0.717, 1.165) is 45.4 Å². The van der Waals surface area contributed by atoms with Gasteiger partial charge in [0.2, 0.25) is 0 Å². The molecule has 1 unspecified atom stereocenters. The monoisotopic (exact) mass is 283 g/mol. The zero-order chi connectivity index (χ0) is 14.8. The smallest absolute Gasteiger partial charge is 0.325 e. The van der Waals surface area contributed by atoms with E-state index in [-0.39, 0.29) is 6.04 Å². The summed E-state index contributed by atoms with van der Waals surface area (Å²) in [6, 6.07) is 0.196. The van der Waals surface area contributed by atoms with Crippen LogP contribution in [0.1, 0.15) is 33.1 Å². The van der Waals surface area contributed by atoms with E-state index < -0.39 is 11.5 Å². The third-order valence-corrected chi connectivity index (χ3v) is 4.49. The van der Waals surface area contributed by atoms with Crippen LogP contribution in [-0.2, 0) is 4.79 Å². The normalized spacial score (nSPS) is 25.4. The standard InChI is InChI=1S/C15H29N3O2/c1-12(2)16-15(14(19)20,13-5-6-13)11-18-8-4-7-17(3)9-10-18/h12-13,16H,4-11H2,1-3H3,(H,19,20). The first-order valence-electron chi connectivity index (χ1n) is 7.86. The Balaban J connectivity index is 2.08. The number of aliphatic carboxylic acids is 1. The number of likely N-dealkylation sites (N-methyl/N-ethyl adjacent to an activating group) is 1. The predicted octanol–water partition coefficient (Wildman–Crippen LogP) is 0.855. The second kappa shape index (κ2) is 6.41. The summed E-state index contributed by atoms with van der Waals surface area (Å²) in [7, 11) is 2.14. The van der Waals surface area contributed by atoms with Crippen LogP contribution in [-0.4, -0.2) is 72.2 Å². The Kier molecular flexibility index (Phi) is 5.04. The largest absolute Gasteiger partial charge is 0.480 e. The lowest BCUT2D eigenvalue weighted by Gasteiger charge is -2.37. The molecule has 0 amide bonds. The summed E-state index contributed by atoms with van der Waals surface area (Å²) < 4.78 is 0. The molecule has 2 rings (SSSR count). The van der Waals surface area contributed by atoms with Crippen molar-refractivity contribution in [3.63, 3.8) is 0 Å². The number of hydrogen-bond acceptors (Lipinski definition) is 4. The predicted molar refractivity (Wildman–Crippen MR) is 79.9 cm³/mol. The molecule has 1 saturated heterocycles. The van der Waals surface area contributed by atoms with E-state index in [2.05, 4.69) is 22.2 Å². The highest BCUT2D eigenvalue weighted by atomic mass is 16.4. The number of carboxylic acids is 1. The number of hydrogen-bond donors (Lipinski definition) is 2.